The second-order valence-electron chi connectivity index (χ2n) is 5.16. The normalized spacial score (nSPS) is 10.5. The summed E-state index contributed by atoms with van der Waals surface area (Å²) in [6.07, 6.45) is 1.48. The number of aromatic amines is 1. The number of hydrogen-bond acceptors (Lipinski definition) is 4. The summed E-state index contributed by atoms with van der Waals surface area (Å²) in [5, 5.41) is 13.3. The summed E-state index contributed by atoms with van der Waals surface area (Å²) in [5.41, 5.74) is 2.57. The van der Waals surface area contributed by atoms with Crippen LogP contribution in [0.1, 0.15) is 21.6 Å². The molecule has 23 heavy (non-hydrogen) atoms. The van der Waals surface area contributed by atoms with Crippen molar-refractivity contribution in [3.63, 3.8) is 0 Å². The maximum atomic E-state index is 12.4. The molecule has 0 spiro atoms. The molecule has 0 bridgehead atoms. The van der Waals surface area contributed by atoms with Gasteiger partial charge in [-0.15, -0.1) is 0 Å². The Kier molecular flexibility index (Phi) is 3.76. The van der Waals surface area contributed by atoms with Gasteiger partial charge in [0.2, 0.25) is 0 Å². The van der Waals surface area contributed by atoms with Gasteiger partial charge in [0.05, 0.1) is 17.5 Å². The van der Waals surface area contributed by atoms with Crippen LogP contribution in [0.15, 0.2) is 47.4 Å². The van der Waals surface area contributed by atoms with Crippen molar-refractivity contribution < 1.29 is 4.79 Å². The molecule has 0 fully saturated rings. The molecule has 2 aromatic heterocycles. The summed E-state index contributed by atoms with van der Waals surface area (Å²) in [5.74, 6) is 0.195. The average Bonchev–Trinajstić information content (AvgIpc) is 2.90. The van der Waals surface area contributed by atoms with Crippen molar-refractivity contribution in [1.29, 1.82) is 0 Å². The second-order valence-corrected chi connectivity index (χ2v) is 5.16. The predicted molar refractivity (Wildman–Crippen MR) is 85.8 cm³/mol. The van der Waals surface area contributed by atoms with Gasteiger partial charge >= 0.3 is 0 Å². The third-order valence-electron chi connectivity index (χ3n) is 3.41. The Balaban J connectivity index is 1.88. The quantitative estimate of drug-likeness (QED) is 0.772. The van der Waals surface area contributed by atoms with Crippen molar-refractivity contribution in [1.82, 2.24) is 20.0 Å². The number of H-pyrrole nitrogens is 1. The fraction of sp³-hybridized carbons (Fsp3) is 0.125. The Labute approximate surface area is 132 Å². The van der Waals surface area contributed by atoms with Crippen LogP contribution in [-0.4, -0.2) is 25.9 Å². The number of amides is 1. The van der Waals surface area contributed by atoms with Crippen LogP contribution in [0.5, 0.6) is 0 Å². The summed E-state index contributed by atoms with van der Waals surface area (Å²) in [6, 6.07) is 10.5. The number of carbonyl (C=O) groups is 1. The van der Waals surface area contributed by atoms with Crippen LogP contribution in [-0.2, 0) is 0 Å². The minimum Gasteiger partial charge on any atom is -0.322 e. The fourth-order valence-electron chi connectivity index (χ4n) is 2.24. The lowest BCUT2D eigenvalue weighted by Gasteiger charge is -2.06. The smallest absolute Gasteiger partial charge is 0.264 e. The summed E-state index contributed by atoms with van der Waals surface area (Å²) in [6.45, 7) is 3.73. The number of nitrogens with one attached hydrogen (secondary N) is 2. The van der Waals surface area contributed by atoms with E-state index >= 15 is 0 Å². The first-order valence-electron chi connectivity index (χ1n) is 7.03. The number of benzene rings is 1. The van der Waals surface area contributed by atoms with Crippen LogP contribution in [0.2, 0.25) is 0 Å². The molecule has 3 rings (SSSR count). The Morgan fingerprint density at radius 1 is 1.22 bits per heavy atom. The maximum absolute atomic E-state index is 12.4. The SMILES string of the molecule is Cc1cccc(NC(=O)c2cnn(-c3ccc(=O)[nH]n3)c2C)c1. The van der Waals surface area contributed by atoms with Crippen LogP contribution in [0, 0.1) is 13.8 Å². The number of hydrogen-bond donors (Lipinski definition) is 2. The van der Waals surface area contributed by atoms with E-state index in [1.807, 2.05) is 31.2 Å². The monoisotopic (exact) mass is 309 g/mol. The van der Waals surface area contributed by atoms with Gasteiger partial charge in [-0.1, -0.05) is 12.1 Å². The fourth-order valence-corrected chi connectivity index (χ4v) is 2.24. The summed E-state index contributed by atoms with van der Waals surface area (Å²) in [7, 11) is 0. The number of anilines is 1. The van der Waals surface area contributed by atoms with Crippen molar-refractivity contribution in [3.05, 3.63) is 69.8 Å². The Bertz CT molecular complexity index is 906. The second kappa shape index (κ2) is 5.88. The lowest BCUT2D eigenvalue weighted by molar-refractivity contribution is 0.102. The number of rotatable bonds is 3. The number of aryl methyl sites for hydroxylation is 1. The molecular weight excluding hydrogens is 294 g/mol. The molecule has 0 unspecified atom stereocenters. The van der Waals surface area contributed by atoms with Gasteiger partial charge in [0.25, 0.3) is 11.5 Å². The molecule has 0 aliphatic rings. The highest BCUT2D eigenvalue weighted by molar-refractivity contribution is 6.05. The van der Waals surface area contributed by atoms with Crippen LogP contribution in [0.3, 0.4) is 0 Å². The van der Waals surface area contributed by atoms with E-state index in [1.54, 1.807) is 13.0 Å². The van der Waals surface area contributed by atoms with Crippen molar-refractivity contribution in [2.24, 2.45) is 0 Å². The molecule has 1 amide bonds. The Morgan fingerprint density at radius 2 is 2.04 bits per heavy atom. The zero-order valence-corrected chi connectivity index (χ0v) is 12.7. The van der Waals surface area contributed by atoms with Crippen molar-refractivity contribution >= 4 is 11.6 Å². The van der Waals surface area contributed by atoms with E-state index in [1.165, 1.54) is 16.9 Å². The summed E-state index contributed by atoms with van der Waals surface area (Å²) >= 11 is 0. The minimum absolute atomic E-state index is 0.247. The first kappa shape index (κ1) is 14.7. The van der Waals surface area contributed by atoms with E-state index in [2.05, 4.69) is 20.6 Å². The zero-order chi connectivity index (χ0) is 16.4. The average molecular weight is 309 g/mol. The first-order valence-corrected chi connectivity index (χ1v) is 7.03. The highest BCUT2D eigenvalue weighted by Crippen LogP contribution is 2.15. The standard InChI is InChI=1S/C16H15N5O2/c1-10-4-3-5-12(8-10)18-16(23)13-9-17-21(11(13)2)14-6-7-15(22)20-19-14/h3-9H,1-2H3,(H,18,23)(H,20,22). The van der Waals surface area contributed by atoms with Crippen LogP contribution >= 0.6 is 0 Å². The molecule has 2 N–H and O–H groups in total. The predicted octanol–water partition coefficient (Wildman–Crippen LogP) is 1.82. The summed E-state index contributed by atoms with van der Waals surface area (Å²) in [4.78, 5) is 23.5. The van der Waals surface area contributed by atoms with Gasteiger partial charge in [0, 0.05) is 11.8 Å². The zero-order valence-electron chi connectivity index (χ0n) is 12.7. The molecule has 3 aromatic rings. The van der Waals surface area contributed by atoms with Crippen molar-refractivity contribution in [2.75, 3.05) is 5.32 Å². The molecule has 0 saturated carbocycles. The van der Waals surface area contributed by atoms with Gasteiger partial charge in [-0.3, -0.25) is 9.59 Å². The van der Waals surface area contributed by atoms with Crippen LogP contribution in [0.4, 0.5) is 5.69 Å². The molecule has 116 valence electrons. The van der Waals surface area contributed by atoms with E-state index in [0.717, 1.165) is 11.3 Å². The number of carbonyl (C=O) groups excluding carboxylic acids is 1. The molecule has 7 nitrogen and oxygen atoms in total. The van der Waals surface area contributed by atoms with E-state index in [4.69, 9.17) is 0 Å². The highest BCUT2D eigenvalue weighted by Gasteiger charge is 2.16. The Morgan fingerprint density at radius 3 is 2.74 bits per heavy atom. The first-order chi connectivity index (χ1) is 11.0. The third kappa shape index (κ3) is 3.03. The van der Waals surface area contributed by atoms with E-state index in [9.17, 15) is 9.59 Å². The molecule has 1 aromatic carbocycles. The van der Waals surface area contributed by atoms with Crippen LogP contribution in [0.25, 0.3) is 5.82 Å². The molecule has 0 saturated heterocycles. The largest absolute Gasteiger partial charge is 0.322 e. The maximum Gasteiger partial charge on any atom is 0.264 e. The van der Waals surface area contributed by atoms with Gasteiger partial charge in [-0.2, -0.15) is 10.2 Å². The van der Waals surface area contributed by atoms with Gasteiger partial charge in [-0.25, -0.2) is 9.78 Å². The number of nitrogens with zero attached hydrogens (tertiary/aromatic N) is 3. The Hall–Kier alpha value is -3.22. The van der Waals surface area contributed by atoms with E-state index < -0.39 is 0 Å². The third-order valence-corrected chi connectivity index (χ3v) is 3.41. The van der Waals surface area contributed by atoms with E-state index in [-0.39, 0.29) is 11.5 Å². The summed E-state index contributed by atoms with van der Waals surface area (Å²) < 4.78 is 1.50. The van der Waals surface area contributed by atoms with Crippen LogP contribution < -0.4 is 10.9 Å². The van der Waals surface area contributed by atoms with E-state index in [0.29, 0.717) is 17.1 Å². The lowest BCUT2D eigenvalue weighted by atomic mass is 10.2. The van der Waals surface area contributed by atoms with Crippen molar-refractivity contribution in [3.8, 4) is 5.82 Å². The molecular formula is C16H15N5O2. The molecule has 2 heterocycles. The minimum atomic E-state index is -0.295. The molecule has 7 heteroatoms. The number of aromatic nitrogens is 4. The molecule has 0 aliphatic heterocycles. The van der Waals surface area contributed by atoms with Gasteiger partial charge < -0.3 is 5.32 Å². The van der Waals surface area contributed by atoms with Crippen molar-refractivity contribution in [2.45, 2.75) is 13.8 Å². The lowest BCUT2D eigenvalue weighted by Crippen LogP contribution is -2.14. The highest BCUT2D eigenvalue weighted by atomic mass is 16.1. The molecule has 0 aliphatic carbocycles. The topological polar surface area (TPSA) is 92.7 Å². The van der Waals surface area contributed by atoms with Gasteiger partial charge in [0.1, 0.15) is 0 Å². The van der Waals surface area contributed by atoms with Gasteiger partial charge in [0.15, 0.2) is 5.82 Å². The molecule has 0 radical (unpaired) electrons. The molecule has 0 atom stereocenters. The van der Waals surface area contributed by atoms with Gasteiger partial charge in [-0.05, 0) is 37.6 Å².